The Kier molecular flexibility index (Phi) is 13.4. The number of nitrogens with one attached hydrogen (secondary N) is 3. The molecule has 2 saturated carbocycles. The van der Waals surface area contributed by atoms with Gasteiger partial charge in [0.15, 0.2) is 5.67 Å². The molecule has 15 nitrogen and oxygen atoms in total. The Morgan fingerprint density at radius 1 is 1.11 bits per heavy atom. The van der Waals surface area contributed by atoms with Crippen LogP contribution >= 0.6 is 23.4 Å². The Morgan fingerprint density at radius 2 is 1.81 bits per heavy atom. The summed E-state index contributed by atoms with van der Waals surface area (Å²) in [5.41, 5.74) is 4.73. The minimum absolute atomic E-state index is 0.0911. The number of hydrogen-bond acceptors (Lipinski definition) is 12. The van der Waals surface area contributed by atoms with Crippen molar-refractivity contribution < 1.29 is 33.4 Å². The van der Waals surface area contributed by atoms with E-state index in [1.54, 1.807) is 41.9 Å². The van der Waals surface area contributed by atoms with E-state index >= 15 is 0 Å². The number of nitrogens with zero attached hydrogens (tertiary/aromatic N) is 5. The van der Waals surface area contributed by atoms with Crippen molar-refractivity contribution in [2.75, 3.05) is 63.3 Å². The number of hydrogen-bond donors (Lipinski definition) is 5. The van der Waals surface area contributed by atoms with E-state index in [4.69, 9.17) is 22.1 Å². The first kappa shape index (κ1) is 42.7. The standard InChI is InChI=1S/C39H55ClFN9O6S/c1-38(2,30(46-36(55)39(41)13-14-39)35(54)50-15-5-6-28(50)31(42)51)57-22-23-7-9-24(10-8-23)33(52)48-16-18-49(19-17-48)34(53)25-11-12-27(29(20-25)56-4)45-37-44-21-26(40)32(43-3)47-37/h11-12,20-21,23-24,28,30,33,52H,5-10,13-19,22H2,1-4H3,(H2,42,51)(H,46,55)(H2,43,44,45,47)/t23?,24?,28?,30-,33?/m1/s1. The fourth-order valence-electron chi connectivity index (χ4n) is 8.01. The Morgan fingerprint density at radius 3 is 2.44 bits per heavy atom. The number of nitrogens with two attached hydrogens (primary N) is 1. The first-order valence-corrected chi connectivity index (χ1v) is 21.1. The highest BCUT2D eigenvalue weighted by atomic mass is 35.5. The highest BCUT2D eigenvalue weighted by Gasteiger charge is 2.53. The fraction of sp³-hybridized carbons (Fsp3) is 0.641. The van der Waals surface area contributed by atoms with Gasteiger partial charge in [-0.05, 0) is 101 Å². The normalized spacial score (nSPS) is 23.3. The van der Waals surface area contributed by atoms with E-state index in [-0.39, 0.29) is 24.7 Å². The van der Waals surface area contributed by atoms with Gasteiger partial charge < -0.3 is 41.3 Å². The molecule has 0 radical (unpaired) electrons. The molecule has 4 aliphatic rings. The molecule has 6 N–H and O–H groups in total. The molecule has 0 spiro atoms. The predicted molar refractivity (Wildman–Crippen MR) is 217 cm³/mol. The van der Waals surface area contributed by atoms with Crippen LogP contribution < -0.4 is 26.4 Å². The molecular formula is C39H55ClFN9O6S. The van der Waals surface area contributed by atoms with Crippen LogP contribution in [0.4, 0.5) is 21.8 Å². The summed E-state index contributed by atoms with van der Waals surface area (Å²) in [5.74, 6) is 0.521. The number of carbonyl (C=O) groups is 4. The highest BCUT2D eigenvalue weighted by molar-refractivity contribution is 8.00. The summed E-state index contributed by atoms with van der Waals surface area (Å²) in [5, 5.41) is 20.6. The van der Waals surface area contributed by atoms with Crippen LogP contribution in [0.25, 0.3) is 0 Å². The fourth-order valence-corrected chi connectivity index (χ4v) is 9.52. The molecule has 57 heavy (non-hydrogen) atoms. The lowest BCUT2D eigenvalue weighted by molar-refractivity contribution is -0.142. The van der Waals surface area contributed by atoms with E-state index in [2.05, 4.69) is 30.8 Å². The van der Waals surface area contributed by atoms with Crippen molar-refractivity contribution >= 4 is 64.4 Å². The summed E-state index contributed by atoms with van der Waals surface area (Å²) < 4.78 is 19.6. The topological polar surface area (TPSA) is 195 Å². The maximum Gasteiger partial charge on any atom is 0.258 e. The minimum Gasteiger partial charge on any atom is -0.495 e. The zero-order chi connectivity index (χ0) is 41.1. The van der Waals surface area contributed by atoms with Crippen LogP contribution in [0.15, 0.2) is 24.4 Å². The van der Waals surface area contributed by atoms with Gasteiger partial charge in [-0.1, -0.05) is 11.6 Å². The molecule has 6 rings (SSSR count). The third kappa shape index (κ3) is 9.86. The van der Waals surface area contributed by atoms with Gasteiger partial charge in [-0.2, -0.15) is 16.7 Å². The number of rotatable bonds is 15. The van der Waals surface area contributed by atoms with E-state index < -0.39 is 46.4 Å². The second-order valence-electron chi connectivity index (χ2n) is 16.1. The number of aliphatic hydroxyl groups is 1. The SMILES string of the molecule is CNc1nc(Nc2ccc(C(=O)N3CCN(C(O)C4CCC(CSC(C)(C)[C@H](NC(=O)C5(F)CC5)C(=O)N5CCCC5C(N)=O)CC4)CC3)cc2OC)ncc1Cl. The lowest BCUT2D eigenvalue weighted by Gasteiger charge is -2.42. The van der Waals surface area contributed by atoms with E-state index in [0.29, 0.717) is 85.3 Å². The van der Waals surface area contributed by atoms with Crippen LogP contribution in [-0.2, 0) is 14.4 Å². The molecule has 2 aromatic rings. The van der Waals surface area contributed by atoms with Crippen LogP contribution in [-0.4, -0.2) is 135 Å². The number of likely N-dealkylation sites (tertiary alicyclic amines) is 1. The van der Waals surface area contributed by atoms with Gasteiger partial charge in [0.1, 0.15) is 34.9 Å². The third-order valence-electron chi connectivity index (χ3n) is 11.8. The van der Waals surface area contributed by atoms with Gasteiger partial charge in [-0.25, -0.2) is 9.37 Å². The molecule has 2 unspecified atom stereocenters. The van der Waals surface area contributed by atoms with Gasteiger partial charge in [-0.15, -0.1) is 0 Å². The zero-order valence-corrected chi connectivity index (χ0v) is 34.6. The average molecular weight is 832 g/mol. The summed E-state index contributed by atoms with van der Waals surface area (Å²) in [4.78, 5) is 66.2. The number of methoxy groups -OCH3 is 1. The quantitative estimate of drug-likeness (QED) is 0.175. The minimum atomic E-state index is -1.94. The van der Waals surface area contributed by atoms with Crippen molar-refractivity contribution in [2.24, 2.45) is 17.6 Å². The first-order valence-electron chi connectivity index (χ1n) is 19.7. The van der Waals surface area contributed by atoms with E-state index in [1.165, 1.54) is 18.2 Å². The Labute approximate surface area is 342 Å². The number of piperazine rings is 1. The van der Waals surface area contributed by atoms with Crippen molar-refractivity contribution in [3.8, 4) is 5.75 Å². The van der Waals surface area contributed by atoms with E-state index in [0.717, 1.165) is 31.4 Å². The molecular weight excluding hydrogens is 777 g/mol. The van der Waals surface area contributed by atoms with Gasteiger partial charge >= 0.3 is 0 Å². The number of carbonyl (C=O) groups excluding carboxylic acids is 4. The second-order valence-corrected chi connectivity index (χ2v) is 18.2. The number of aliphatic hydroxyl groups excluding tert-OH is 1. The van der Waals surface area contributed by atoms with Crippen molar-refractivity contribution in [3.63, 3.8) is 0 Å². The summed E-state index contributed by atoms with van der Waals surface area (Å²) in [6.07, 6.45) is 5.69. The average Bonchev–Trinajstić information content (AvgIpc) is 3.77. The lowest BCUT2D eigenvalue weighted by Crippen LogP contribution is -2.60. The van der Waals surface area contributed by atoms with Crippen molar-refractivity contribution in [3.05, 3.63) is 35.0 Å². The highest BCUT2D eigenvalue weighted by Crippen LogP contribution is 2.42. The maximum atomic E-state index is 14.8. The predicted octanol–water partition coefficient (Wildman–Crippen LogP) is 3.78. The van der Waals surface area contributed by atoms with Crippen LogP contribution in [0.1, 0.15) is 75.6 Å². The van der Waals surface area contributed by atoms with Crippen LogP contribution in [0.5, 0.6) is 5.75 Å². The zero-order valence-electron chi connectivity index (χ0n) is 33.1. The maximum absolute atomic E-state index is 14.8. The summed E-state index contributed by atoms with van der Waals surface area (Å²) >= 11 is 7.68. The van der Waals surface area contributed by atoms with E-state index in [9.17, 15) is 28.7 Å². The lowest BCUT2D eigenvalue weighted by atomic mass is 9.81. The second kappa shape index (κ2) is 17.9. The van der Waals surface area contributed by atoms with Crippen LogP contribution in [0.2, 0.25) is 5.02 Å². The van der Waals surface area contributed by atoms with Gasteiger partial charge in [-0.3, -0.25) is 24.1 Å². The molecule has 0 bridgehead atoms. The van der Waals surface area contributed by atoms with Crippen LogP contribution in [0, 0.1) is 11.8 Å². The number of alkyl halides is 1. The Hall–Kier alpha value is -3.93. The Bertz CT molecular complexity index is 1810. The number of ether oxygens (including phenoxy) is 1. The smallest absolute Gasteiger partial charge is 0.258 e. The van der Waals surface area contributed by atoms with Gasteiger partial charge in [0.05, 0.1) is 19.0 Å². The molecule has 4 amide bonds. The number of benzene rings is 1. The monoisotopic (exact) mass is 831 g/mol. The van der Waals surface area contributed by atoms with Gasteiger partial charge in [0.25, 0.3) is 11.8 Å². The molecule has 2 aliphatic carbocycles. The molecule has 1 aromatic carbocycles. The number of halogens is 2. The molecule has 4 fully saturated rings. The van der Waals surface area contributed by atoms with Crippen LogP contribution in [0.3, 0.4) is 0 Å². The number of aromatic nitrogens is 2. The molecule has 1 aromatic heterocycles. The number of primary amides is 1. The van der Waals surface area contributed by atoms with Gasteiger partial charge in [0.2, 0.25) is 17.8 Å². The number of amides is 4. The molecule has 3 heterocycles. The van der Waals surface area contributed by atoms with Crippen molar-refractivity contribution in [1.29, 1.82) is 0 Å². The summed E-state index contributed by atoms with van der Waals surface area (Å²) in [6, 6.07) is 3.41. The Balaban J connectivity index is 0.979. The first-order chi connectivity index (χ1) is 27.1. The molecule has 2 aliphatic heterocycles. The van der Waals surface area contributed by atoms with E-state index in [1.807, 2.05) is 13.8 Å². The number of anilines is 3. The molecule has 2 saturated heterocycles. The largest absolute Gasteiger partial charge is 0.495 e. The summed E-state index contributed by atoms with van der Waals surface area (Å²) in [6.45, 7) is 6.17. The van der Waals surface area contributed by atoms with Crippen molar-refractivity contribution in [1.82, 2.24) is 30.0 Å². The molecule has 312 valence electrons. The molecule has 18 heteroatoms. The summed E-state index contributed by atoms with van der Waals surface area (Å²) in [7, 11) is 3.24. The number of thioether (sulfide) groups is 1. The third-order valence-corrected chi connectivity index (χ3v) is 13.7. The van der Waals surface area contributed by atoms with Gasteiger partial charge in [0, 0.05) is 50.1 Å². The van der Waals surface area contributed by atoms with Crippen molar-refractivity contribution in [2.45, 2.75) is 93.9 Å². The molecule has 3 atom stereocenters.